The van der Waals surface area contributed by atoms with Crippen molar-refractivity contribution in [3.63, 3.8) is 0 Å². The van der Waals surface area contributed by atoms with Crippen LogP contribution in [0.4, 0.5) is 30.2 Å². The number of aryl methyl sites for hydroxylation is 1. The monoisotopic (exact) mass is 444 g/mol. The Kier molecular flexibility index (Phi) is 5.75. The lowest BCUT2D eigenvalue weighted by Crippen LogP contribution is -2.24. The molecular weight excluding hydrogens is 429 g/mol. The van der Waals surface area contributed by atoms with Crippen molar-refractivity contribution in [2.75, 3.05) is 16.9 Å². The molecule has 2 heterocycles. The molecule has 1 aliphatic rings. The number of alkyl halides is 3. The van der Waals surface area contributed by atoms with E-state index in [0.717, 1.165) is 23.5 Å². The van der Waals surface area contributed by atoms with E-state index in [1.165, 1.54) is 0 Å². The van der Waals surface area contributed by atoms with E-state index < -0.39 is 28.8 Å². The number of nitrogens with two attached hydrogens (primary N) is 1. The van der Waals surface area contributed by atoms with Gasteiger partial charge in [-0.25, -0.2) is 9.78 Å². The number of para-hydroxylation sites is 1. The number of hydrogen-bond acceptors (Lipinski definition) is 7. The molecule has 1 atom stereocenters. The van der Waals surface area contributed by atoms with Crippen molar-refractivity contribution in [2.24, 2.45) is 5.73 Å². The maximum atomic E-state index is 12.7. The van der Waals surface area contributed by atoms with E-state index in [2.05, 4.69) is 19.8 Å². The first kappa shape index (κ1) is 21.0. The van der Waals surface area contributed by atoms with Gasteiger partial charge in [0.15, 0.2) is 5.03 Å². The zero-order chi connectivity index (χ0) is 21.3. The van der Waals surface area contributed by atoms with Crippen molar-refractivity contribution < 1.29 is 26.9 Å². The van der Waals surface area contributed by atoms with Crippen LogP contribution in [-0.2, 0) is 8.98 Å². The maximum Gasteiger partial charge on any atom is 0.492 e. The number of fused-ring (bicyclic) bond motifs is 1. The average molecular weight is 444 g/mol. The molecule has 1 aromatic carbocycles. The molecule has 12 heteroatoms. The number of thioether (sulfide) groups is 1. The Labute approximate surface area is 170 Å². The van der Waals surface area contributed by atoms with Crippen molar-refractivity contribution >= 4 is 55.8 Å². The van der Waals surface area contributed by atoms with Crippen molar-refractivity contribution in [1.82, 2.24) is 4.98 Å². The fourth-order valence-corrected chi connectivity index (χ4v) is 4.88. The molecular formula is C17H15F3N4O3S2. The summed E-state index contributed by atoms with van der Waals surface area (Å²) >= 11 is 1.07. The summed E-state index contributed by atoms with van der Waals surface area (Å²) < 4.78 is 43.0. The van der Waals surface area contributed by atoms with Crippen LogP contribution in [0, 0.1) is 6.92 Å². The molecule has 0 fully saturated rings. The number of aromatic nitrogens is 1. The van der Waals surface area contributed by atoms with Crippen molar-refractivity contribution in [2.45, 2.75) is 18.1 Å². The molecule has 7 nitrogen and oxygen atoms in total. The summed E-state index contributed by atoms with van der Waals surface area (Å²) in [5, 5.41) is 6.06. The Hall–Kier alpha value is -2.73. The van der Waals surface area contributed by atoms with Gasteiger partial charge in [0, 0.05) is 11.9 Å². The molecule has 3 rings (SSSR count). The normalized spacial score (nSPS) is 15.5. The van der Waals surface area contributed by atoms with Gasteiger partial charge in [0.2, 0.25) is 0 Å². The minimum Gasteiger partial charge on any atom is -0.384 e. The first-order valence-corrected chi connectivity index (χ1v) is 10.4. The van der Waals surface area contributed by atoms with Crippen LogP contribution in [-0.4, -0.2) is 33.6 Å². The summed E-state index contributed by atoms with van der Waals surface area (Å²) in [6.07, 6.45) is -2.39. The molecule has 0 bridgehead atoms. The fourth-order valence-electron chi connectivity index (χ4n) is 2.48. The highest BCUT2D eigenvalue weighted by Crippen LogP contribution is 2.48. The van der Waals surface area contributed by atoms with Crippen molar-refractivity contribution in [1.29, 1.82) is 0 Å². The summed E-state index contributed by atoms with van der Waals surface area (Å²) in [6, 6.07) is 7.22. The lowest BCUT2D eigenvalue weighted by atomic mass is 10.1. The standard InChI is InChI=1S/C17H15F3N4O3S2/c1-8-5-3-4-6-10(8)23-11-9(13(21)25)7-22-14-12(11)24-16(28-2)29(14)27-15(26)17(18,19)20/h3-7,24H,1-2H3,(H2,21,25)(H,22,23). The lowest BCUT2D eigenvalue weighted by molar-refractivity contribution is -0.188. The molecule has 0 saturated carbocycles. The smallest absolute Gasteiger partial charge is 0.384 e. The second kappa shape index (κ2) is 7.95. The van der Waals surface area contributed by atoms with Gasteiger partial charge in [-0.05, 0) is 24.8 Å². The van der Waals surface area contributed by atoms with Gasteiger partial charge in [0.25, 0.3) is 5.91 Å². The van der Waals surface area contributed by atoms with Gasteiger partial charge in [0.1, 0.15) is 4.32 Å². The molecule has 1 unspecified atom stereocenters. The predicted octanol–water partition coefficient (Wildman–Crippen LogP) is 3.76. The molecule has 1 aromatic heterocycles. The quantitative estimate of drug-likeness (QED) is 0.617. The van der Waals surface area contributed by atoms with Crippen LogP contribution in [0.25, 0.3) is 0 Å². The number of hydrogen-bond donors (Lipinski definition) is 3. The second-order valence-electron chi connectivity index (χ2n) is 5.79. The van der Waals surface area contributed by atoms with Crippen LogP contribution in [0.3, 0.4) is 0 Å². The van der Waals surface area contributed by atoms with Crippen molar-refractivity contribution in [3.8, 4) is 0 Å². The Bertz CT molecular complexity index is 1040. The Morgan fingerprint density at radius 2 is 2.00 bits per heavy atom. The van der Waals surface area contributed by atoms with Gasteiger partial charge in [-0.2, -0.15) is 13.2 Å². The Morgan fingerprint density at radius 3 is 2.59 bits per heavy atom. The number of nitrogens with one attached hydrogen (secondary N) is 2. The molecule has 1 amide bonds. The van der Waals surface area contributed by atoms with Gasteiger partial charge < -0.3 is 20.6 Å². The third kappa shape index (κ3) is 4.17. The van der Waals surface area contributed by atoms with E-state index in [9.17, 15) is 22.8 Å². The summed E-state index contributed by atoms with van der Waals surface area (Å²) in [5.74, 6) is -3.10. The number of amides is 1. The molecule has 2 aromatic rings. The first-order chi connectivity index (χ1) is 13.6. The number of carbonyl (C=O) groups excluding carboxylic acids is 2. The summed E-state index contributed by atoms with van der Waals surface area (Å²) in [4.78, 5) is 27.3. The Morgan fingerprint density at radius 1 is 1.31 bits per heavy atom. The van der Waals surface area contributed by atoms with Crippen LogP contribution < -0.4 is 16.4 Å². The summed E-state index contributed by atoms with van der Waals surface area (Å²) in [5.41, 5.74) is 7.48. The number of nitrogens with zero attached hydrogens (tertiary/aromatic N) is 1. The van der Waals surface area contributed by atoms with Gasteiger partial charge >= 0.3 is 12.1 Å². The van der Waals surface area contributed by atoms with Crippen LogP contribution in [0.2, 0.25) is 0 Å². The number of primary amides is 1. The van der Waals surface area contributed by atoms with E-state index in [4.69, 9.17) is 5.73 Å². The third-order valence-corrected chi connectivity index (χ3v) is 6.71. The molecule has 0 radical (unpaired) electrons. The Balaban J connectivity index is 2.10. The number of carbonyl (C=O) groups is 2. The van der Waals surface area contributed by atoms with E-state index in [1.807, 2.05) is 19.1 Å². The SMILES string of the molecule is CSC1=S(OC(=O)C(F)(F)F)c2ncc(C(N)=O)c(Nc3ccccc3C)c2N1. The molecule has 29 heavy (non-hydrogen) atoms. The molecule has 154 valence electrons. The zero-order valence-electron chi connectivity index (χ0n) is 15.1. The first-order valence-electron chi connectivity index (χ1n) is 8.00. The maximum absolute atomic E-state index is 12.7. The number of halogens is 3. The second-order valence-corrected chi connectivity index (χ2v) is 8.36. The van der Waals surface area contributed by atoms with Gasteiger partial charge in [0.05, 0.1) is 27.7 Å². The highest BCUT2D eigenvalue weighted by atomic mass is 32.2. The van der Waals surface area contributed by atoms with Crippen molar-refractivity contribution in [3.05, 3.63) is 41.6 Å². The number of anilines is 3. The molecule has 4 N–H and O–H groups in total. The van der Waals surface area contributed by atoms with E-state index in [-0.39, 0.29) is 26.3 Å². The topological polar surface area (TPSA) is 106 Å². The van der Waals surface area contributed by atoms with Crippen LogP contribution in [0.1, 0.15) is 15.9 Å². The number of rotatable bonds is 4. The number of pyridine rings is 1. The third-order valence-electron chi connectivity index (χ3n) is 3.86. The fraction of sp³-hybridized carbons (Fsp3) is 0.176. The van der Waals surface area contributed by atoms with Gasteiger partial charge in [-0.15, -0.1) is 11.8 Å². The highest BCUT2D eigenvalue weighted by molar-refractivity contribution is 8.32. The summed E-state index contributed by atoms with van der Waals surface area (Å²) in [7, 11) is -1.72. The zero-order valence-corrected chi connectivity index (χ0v) is 16.7. The molecule has 0 aliphatic carbocycles. The summed E-state index contributed by atoms with van der Waals surface area (Å²) in [6.45, 7) is 1.84. The van der Waals surface area contributed by atoms with E-state index in [0.29, 0.717) is 5.69 Å². The van der Waals surface area contributed by atoms with E-state index >= 15 is 0 Å². The molecule has 1 aliphatic heterocycles. The largest absolute Gasteiger partial charge is 0.492 e. The number of benzene rings is 1. The van der Waals surface area contributed by atoms with Gasteiger partial charge in [-0.1, -0.05) is 18.2 Å². The molecule has 0 saturated heterocycles. The predicted molar refractivity (Wildman–Crippen MR) is 107 cm³/mol. The van der Waals surface area contributed by atoms with Crippen LogP contribution in [0.15, 0.2) is 35.5 Å². The van der Waals surface area contributed by atoms with E-state index in [1.54, 1.807) is 18.4 Å². The minimum absolute atomic E-state index is 0.0348. The average Bonchev–Trinajstić information content (AvgIpc) is 3.01. The van der Waals surface area contributed by atoms with Crippen LogP contribution >= 0.6 is 22.5 Å². The van der Waals surface area contributed by atoms with Gasteiger partial charge in [-0.3, -0.25) is 4.79 Å². The molecule has 0 spiro atoms. The highest BCUT2D eigenvalue weighted by Gasteiger charge is 2.43. The minimum atomic E-state index is -5.14. The van der Waals surface area contributed by atoms with Crippen LogP contribution in [0.5, 0.6) is 0 Å². The lowest BCUT2D eigenvalue weighted by Gasteiger charge is -2.16.